The van der Waals surface area contributed by atoms with E-state index in [1.165, 1.54) is 19.2 Å². The van der Waals surface area contributed by atoms with Crippen LogP contribution in [0.15, 0.2) is 28.8 Å². The number of hydrogen-bond donors (Lipinski definition) is 1. The van der Waals surface area contributed by atoms with E-state index >= 15 is 0 Å². The van der Waals surface area contributed by atoms with E-state index in [0.717, 1.165) is 0 Å². The van der Waals surface area contributed by atoms with Crippen LogP contribution in [0, 0.1) is 0 Å². The Kier molecular flexibility index (Phi) is 3.70. The number of aromatic hydroxyl groups is 1. The maximum absolute atomic E-state index is 11.5. The van der Waals surface area contributed by atoms with E-state index in [1.807, 2.05) is 0 Å². The molecule has 0 saturated heterocycles. The molecule has 1 aromatic carbocycles. The predicted molar refractivity (Wildman–Crippen MR) is 66.1 cm³/mol. The fourth-order valence-electron chi connectivity index (χ4n) is 1.54. The molecule has 0 aliphatic rings. The number of aromatic nitrogens is 1. The molecule has 0 amide bonds. The van der Waals surface area contributed by atoms with Crippen LogP contribution in [-0.4, -0.2) is 29.9 Å². The topological polar surface area (TPSA) is 81.8 Å². The third-order valence-electron chi connectivity index (χ3n) is 2.46. The van der Waals surface area contributed by atoms with Crippen molar-refractivity contribution in [2.24, 2.45) is 0 Å². The summed E-state index contributed by atoms with van der Waals surface area (Å²) < 4.78 is 14.9. The minimum absolute atomic E-state index is 0.0244. The number of carbonyl (C=O) groups excluding carboxylic acids is 1. The average molecular weight is 263 g/mol. The van der Waals surface area contributed by atoms with Gasteiger partial charge in [-0.25, -0.2) is 4.79 Å². The van der Waals surface area contributed by atoms with Crippen LogP contribution in [0.25, 0.3) is 11.3 Å². The van der Waals surface area contributed by atoms with Crippen LogP contribution in [0.3, 0.4) is 0 Å². The Morgan fingerprint density at radius 1 is 1.42 bits per heavy atom. The Labute approximate surface area is 109 Å². The second-order valence-electron chi connectivity index (χ2n) is 3.68. The van der Waals surface area contributed by atoms with Crippen molar-refractivity contribution < 1.29 is 23.9 Å². The van der Waals surface area contributed by atoms with E-state index in [0.29, 0.717) is 17.1 Å². The smallest absolute Gasteiger partial charge is 0.360 e. The highest BCUT2D eigenvalue weighted by Gasteiger charge is 2.15. The van der Waals surface area contributed by atoms with Crippen LogP contribution in [0.2, 0.25) is 0 Å². The van der Waals surface area contributed by atoms with E-state index in [4.69, 9.17) is 14.0 Å². The summed E-state index contributed by atoms with van der Waals surface area (Å²) in [6.45, 7) is 1.98. The van der Waals surface area contributed by atoms with Gasteiger partial charge in [0, 0.05) is 11.6 Å². The van der Waals surface area contributed by atoms with Crippen LogP contribution in [0.5, 0.6) is 11.5 Å². The fourth-order valence-corrected chi connectivity index (χ4v) is 1.54. The summed E-state index contributed by atoms with van der Waals surface area (Å²) in [7, 11) is 1.45. The molecule has 0 aliphatic carbocycles. The van der Waals surface area contributed by atoms with Crippen LogP contribution in [0.4, 0.5) is 0 Å². The third-order valence-corrected chi connectivity index (χ3v) is 2.46. The van der Waals surface area contributed by atoms with Gasteiger partial charge in [0.25, 0.3) is 0 Å². The summed E-state index contributed by atoms with van der Waals surface area (Å²) in [6.07, 6.45) is 0. The maximum atomic E-state index is 11.5. The molecule has 6 nitrogen and oxygen atoms in total. The van der Waals surface area contributed by atoms with Crippen molar-refractivity contribution in [1.82, 2.24) is 5.16 Å². The number of rotatable bonds is 4. The molecule has 1 N–H and O–H groups in total. The van der Waals surface area contributed by atoms with E-state index in [9.17, 15) is 9.90 Å². The molecule has 0 fully saturated rings. The molecule has 19 heavy (non-hydrogen) atoms. The van der Waals surface area contributed by atoms with Crippen LogP contribution < -0.4 is 4.74 Å². The second kappa shape index (κ2) is 5.43. The van der Waals surface area contributed by atoms with Crippen LogP contribution in [-0.2, 0) is 4.74 Å². The first-order valence-electron chi connectivity index (χ1n) is 5.67. The van der Waals surface area contributed by atoms with E-state index in [1.54, 1.807) is 19.1 Å². The Balaban J connectivity index is 2.30. The van der Waals surface area contributed by atoms with Gasteiger partial charge in [-0.1, -0.05) is 5.16 Å². The molecule has 0 spiro atoms. The molecule has 0 bridgehead atoms. The summed E-state index contributed by atoms with van der Waals surface area (Å²) in [6, 6.07) is 6.17. The molecule has 1 aromatic heterocycles. The molecule has 2 rings (SSSR count). The molecule has 0 radical (unpaired) electrons. The first kappa shape index (κ1) is 12.9. The lowest BCUT2D eigenvalue weighted by atomic mass is 10.1. The highest BCUT2D eigenvalue weighted by Crippen LogP contribution is 2.31. The zero-order valence-electron chi connectivity index (χ0n) is 10.5. The molecule has 100 valence electrons. The molecule has 2 aromatic rings. The van der Waals surface area contributed by atoms with Gasteiger partial charge in [-0.05, 0) is 25.1 Å². The minimum Gasteiger partial charge on any atom is -0.504 e. The van der Waals surface area contributed by atoms with E-state index in [-0.39, 0.29) is 18.1 Å². The van der Waals surface area contributed by atoms with Crippen molar-refractivity contribution >= 4 is 5.97 Å². The lowest BCUT2D eigenvalue weighted by Crippen LogP contribution is -2.04. The lowest BCUT2D eigenvalue weighted by molar-refractivity contribution is 0.0514. The standard InChI is InChI=1S/C13H13NO5/c1-3-18-13(16)9-7-11(19-14-9)8-4-5-10(15)12(6-8)17-2/h4-7,15H,3H2,1-2H3. The molecular formula is C13H13NO5. The maximum Gasteiger partial charge on any atom is 0.360 e. The normalized spacial score (nSPS) is 10.2. The molecule has 1 heterocycles. The third kappa shape index (κ3) is 2.67. The summed E-state index contributed by atoms with van der Waals surface area (Å²) >= 11 is 0. The number of esters is 1. The van der Waals surface area contributed by atoms with Gasteiger partial charge in [0.05, 0.1) is 13.7 Å². The number of phenols is 1. The van der Waals surface area contributed by atoms with Crippen LogP contribution in [0.1, 0.15) is 17.4 Å². The Morgan fingerprint density at radius 3 is 2.89 bits per heavy atom. The van der Waals surface area contributed by atoms with E-state index in [2.05, 4.69) is 5.16 Å². The Bertz CT molecular complexity index is 590. The van der Waals surface area contributed by atoms with Gasteiger partial charge in [-0.2, -0.15) is 0 Å². The van der Waals surface area contributed by atoms with Crippen LogP contribution >= 0.6 is 0 Å². The highest BCUT2D eigenvalue weighted by molar-refractivity contribution is 5.88. The first-order chi connectivity index (χ1) is 9.15. The zero-order valence-corrected chi connectivity index (χ0v) is 10.5. The highest BCUT2D eigenvalue weighted by atomic mass is 16.5. The van der Waals surface area contributed by atoms with Gasteiger partial charge < -0.3 is 19.1 Å². The number of ether oxygens (including phenoxy) is 2. The van der Waals surface area contributed by atoms with Gasteiger partial charge in [-0.3, -0.25) is 0 Å². The number of phenolic OH excluding ortho intramolecular Hbond substituents is 1. The zero-order chi connectivity index (χ0) is 13.8. The quantitative estimate of drug-likeness (QED) is 0.852. The number of carbonyl (C=O) groups is 1. The number of hydrogen-bond acceptors (Lipinski definition) is 6. The predicted octanol–water partition coefficient (Wildman–Crippen LogP) is 2.23. The molecule has 0 saturated carbocycles. The lowest BCUT2D eigenvalue weighted by Gasteiger charge is -2.03. The monoisotopic (exact) mass is 263 g/mol. The van der Waals surface area contributed by atoms with Crippen molar-refractivity contribution in [2.75, 3.05) is 13.7 Å². The Hall–Kier alpha value is -2.50. The fraction of sp³-hybridized carbons (Fsp3) is 0.231. The van der Waals surface area contributed by atoms with Gasteiger partial charge in [0.2, 0.25) is 0 Å². The first-order valence-corrected chi connectivity index (χ1v) is 5.67. The number of benzene rings is 1. The SMILES string of the molecule is CCOC(=O)c1cc(-c2ccc(O)c(OC)c2)on1. The van der Waals surface area contributed by atoms with Crippen molar-refractivity contribution in [3.63, 3.8) is 0 Å². The van der Waals surface area contributed by atoms with Crippen molar-refractivity contribution in [3.05, 3.63) is 30.0 Å². The molecular weight excluding hydrogens is 250 g/mol. The van der Waals surface area contributed by atoms with Crippen molar-refractivity contribution in [3.8, 4) is 22.8 Å². The van der Waals surface area contributed by atoms with Gasteiger partial charge in [0.1, 0.15) is 0 Å². The molecule has 0 unspecified atom stereocenters. The average Bonchev–Trinajstić information content (AvgIpc) is 2.89. The second-order valence-corrected chi connectivity index (χ2v) is 3.68. The molecule has 0 atom stereocenters. The number of nitrogens with zero attached hydrogens (tertiary/aromatic N) is 1. The van der Waals surface area contributed by atoms with Crippen molar-refractivity contribution in [2.45, 2.75) is 6.92 Å². The van der Waals surface area contributed by atoms with E-state index < -0.39 is 5.97 Å². The summed E-state index contributed by atoms with van der Waals surface area (Å²) in [4.78, 5) is 11.5. The summed E-state index contributed by atoms with van der Waals surface area (Å²) in [5.74, 6) is 0.188. The number of methoxy groups -OCH3 is 1. The summed E-state index contributed by atoms with van der Waals surface area (Å²) in [5, 5.41) is 13.1. The van der Waals surface area contributed by atoms with Gasteiger partial charge >= 0.3 is 5.97 Å². The molecule has 0 aliphatic heterocycles. The van der Waals surface area contributed by atoms with Crippen molar-refractivity contribution in [1.29, 1.82) is 0 Å². The largest absolute Gasteiger partial charge is 0.504 e. The van der Waals surface area contributed by atoms with Gasteiger partial charge in [0.15, 0.2) is 23.0 Å². The van der Waals surface area contributed by atoms with Gasteiger partial charge in [-0.15, -0.1) is 0 Å². The summed E-state index contributed by atoms with van der Waals surface area (Å²) in [5.41, 5.74) is 0.738. The minimum atomic E-state index is -0.539. The Morgan fingerprint density at radius 2 is 2.21 bits per heavy atom. The molecule has 6 heteroatoms.